The largest absolute Gasteiger partial charge is 0.465 e. The van der Waals surface area contributed by atoms with E-state index in [9.17, 15) is 4.39 Å². The first kappa shape index (κ1) is 11.0. The first-order valence-electron chi connectivity index (χ1n) is 3.41. The van der Waals surface area contributed by atoms with Gasteiger partial charge in [0, 0.05) is 7.11 Å². The van der Waals surface area contributed by atoms with Gasteiger partial charge < -0.3 is 9.47 Å². The highest BCUT2D eigenvalue weighted by Crippen LogP contribution is 2.30. The molecule has 0 amide bonds. The number of ether oxygens (including phenoxy) is 2. The minimum absolute atomic E-state index is 0.0986. The Hall–Kier alpha value is -0.0700. The summed E-state index contributed by atoms with van der Waals surface area (Å²) >= 11 is 7.69. The molecule has 0 bridgehead atoms. The van der Waals surface area contributed by atoms with E-state index in [0.717, 1.165) is 0 Å². The van der Waals surface area contributed by atoms with E-state index in [0.29, 0.717) is 9.32 Å². The lowest BCUT2D eigenvalue weighted by atomic mass is 10.3. The van der Waals surface area contributed by atoms with Gasteiger partial charge in [-0.15, -0.1) is 0 Å². The summed E-state index contributed by atoms with van der Waals surface area (Å²) < 4.78 is 23.2. The van der Waals surface area contributed by atoms with Gasteiger partial charge in [0.1, 0.15) is 5.82 Å². The number of hydrogen-bond acceptors (Lipinski definition) is 2. The fraction of sp³-hybridized carbons (Fsp3) is 0.250. The smallest absolute Gasteiger partial charge is 0.188 e. The number of hydrogen-bond donors (Lipinski definition) is 0. The molecule has 0 spiro atoms. The third-order valence-corrected chi connectivity index (χ3v) is 2.37. The molecule has 1 aromatic rings. The van der Waals surface area contributed by atoms with Crippen molar-refractivity contribution in [2.24, 2.45) is 0 Å². The van der Waals surface area contributed by atoms with Gasteiger partial charge in [-0.25, -0.2) is 4.39 Å². The van der Waals surface area contributed by atoms with Gasteiger partial charge in [-0.1, -0.05) is 11.6 Å². The molecule has 2 nitrogen and oxygen atoms in total. The molecule has 1 rings (SSSR count). The van der Waals surface area contributed by atoms with Crippen molar-refractivity contribution in [3.63, 3.8) is 0 Å². The SMILES string of the molecule is COCOc1c(Cl)cc(F)cc1I. The van der Waals surface area contributed by atoms with E-state index in [1.54, 1.807) is 0 Å². The van der Waals surface area contributed by atoms with Crippen LogP contribution in [0.3, 0.4) is 0 Å². The van der Waals surface area contributed by atoms with E-state index < -0.39 is 0 Å². The molecule has 13 heavy (non-hydrogen) atoms. The minimum atomic E-state index is -0.376. The highest BCUT2D eigenvalue weighted by atomic mass is 127. The van der Waals surface area contributed by atoms with Crippen LogP contribution in [0.25, 0.3) is 0 Å². The minimum Gasteiger partial charge on any atom is -0.465 e. The van der Waals surface area contributed by atoms with Crippen molar-refractivity contribution in [1.82, 2.24) is 0 Å². The molecule has 0 radical (unpaired) electrons. The van der Waals surface area contributed by atoms with Crippen molar-refractivity contribution >= 4 is 34.2 Å². The van der Waals surface area contributed by atoms with Crippen LogP contribution in [-0.4, -0.2) is 13.9 Å². The molecule has 0 saturated heterocycles. The van der Waals surface area contributed by atoms with Crippen molar-refractivity contribution in [2.75, 3.05) is 13.9 Å². The average molecular weight is 316 g/mol. The molecular weight excluding hydrogens is 309 g/mol. The predicted molar refractivity (Wildman–Crippen MR) is 56.6 cm³/mol. The zero-order chi connectivity index (χ0) is 9.84. The molecule has 0 aliphatic heterocycles. The Kier molecular flexibility index (Phi) is 4.21. The normalized spacial score (nSPS) is 10.2. The maximum Gasteiger partial charge on any atom is 0.188 e. The second-order valence-corrected chi connectivity index (χ2v) is 3.82. The molecule has 0 aliphatic rings. The summed E-state index contributed by atoms with van der Waals surface area (Å²) in [6.07, 6.45) is 0. The van der Waals surface area contributed by atoms with Crippen molar-refractivity contribution in [1.29, 1.82) is 0 Å². The average Bonchev–Trinajstić information content (AvgIpc) is 2.02. The molecule has 0 saturated carbocycles. The van der Waals surface area contributed by atoms with E-state index in [1.165, 1.54) is 19.2 Å². The third kappa shape index (κ3) is 2.96. The fourth-order valence-corrected chi connectivity index (χ4v) is 1.95. The van der Waals surface area contributed by atoms with Crippen LogP contribution < -0.4 is 4.74 Å². The highest BCUT2D eigenvalue weighted by molar-refractivity contribution is 14.1. The summed E-state index contributed by atoms with van der Waals surface area (Å²) in [5.41, 5.74) is 0. The van der Waals surface area contributed by atoms with Gasteiger partial charge in [0.25, 0.3) is 0 Å². The van der Waals surface area contributed by atoms with Crippen LogP contribution in [0.15, 0.2) is 12.1 Å². The molecule has 0 atom stereocenters. The quantitative estimate of drug-likeness (QED) is 0.630. The number of benzene rings is 1. The topological polar surface area (TPSA) is 18.5 Å². The van der Waals surface area contributed by atoms with Crippen LogP contribution in [0.1, 0.15) is 0 Å². The lowest BCUT2D eigenvalue weighted by molar-refractivity contribution is 0.0505. The van der Waals surface area contributed by atoms with Crippen molar-refractivity contribution in [3.8, 4) is 5.75 Å². The molecule has 72 valence electrons. The van der Waals surface area contributed by atoms with Crippen LogP contribution in [-0.2, 0) is 4.74 Å². The zero-order valence-corrected chi connectivity index (χ0v) is 9.73. The standard InChI is InChI=1S/C8H7ClFIO2/c1-12-4-13-8-6(9)2-5(10)3-7(8)11/h2-3H,4H2,1H3. The van der Waals surface area contributed by atoms with E-state index in [4.69, 9.17) is 21.1 Å². The van der Waals surface area contributed by atoms with Crippen molar-refractivity contribution in [3.05, 3.63) is 26.5 Å². The van der Waals surface area contributed by atoms with Gasteiger partial charge in [0.2, 0.25) is 0 Å². The molecule has 0 heterocycles. The summed E-state index contributed by atoms with van der Waals surface area (Å²) in [4.78, 5) is 0. The lowest BCUT2D eigenvalue weighted by Gasteiger charge is -2.08. The van der Waals surface area contributed by atoms with Crippen molar-refractivity contribution in [2.45, 2.75) is 0 Å². The lowest BCUT2D eigenvalue weighted by Crippen LogP contribution is -2.01. The summed E-state index contributed by atoms with van der Waals surface area (Å²) in [6, 6.07) is 2.55. The van der Waals surface area contributed by atoms with Gasteiger partial charge in [0.15, 0.2) is 12.5 Å². The maximum absolute atomic E-state index is 12.8. The van der Waals surface area contributed by atoms with Gasteiger partial charge in [-0.3, -0.25) is 0 Å². The molecule has 5 heteroatoms. The molecular formula is C8H7ClFIO2. The van der Waals surface area contributed by atoms with Crippen LogP contribution in [0, 0.1) is 9.39 Å². The Balaban J connectivity index is 2.92. The number of methoxy groups -OCH3 is 1. The second-order valence-electron chi connectivity index (χ2n) is 2.25. The Morgan fingerprint density at radius 1 is 1.54 bits per heavy atom. The second kappa shape index (κ2) is 4.97. The molecule has 0 N–H and O–H groups in total. The molecule has 0 unspecified atom stereocenters. The van der Waals surface area contributed by atoms with Crippen LogP contribution in [0.4, 0.5) is 4.39 Å². The Morgan fingerprint density at radius 2 is 2.23 bits per heavy atom. The van der Waals surface area contributed by atoms with Crippen LogP contribution >= 0.6 is 34.2 Å². The van der Waals surface area contributed by atoms with Gasteiger partial charge in [-0.2, -0.15) is 0 Å². The van der Waals surface area contributed by atoms with E-state index in [1.807, 2.05) is 22.6 Å². The van der Waals surface area contributed by atoms with Crippen molar-refractivity contribution < 1.29 is 13.9 Å². The predicted octanol–water partition coefficient (Wildman–Crippen LogP) is 3.07. The first-order valence-corrected chi connectivity index (χ1v) is 4.87. The Labute approximate surface area is 94.1 Å². The van der Waals surface area contributed by atoms with Gasteiger partial charge in [0.05, 0.1) is 8.59 Å². The van der Waals surface area contributed by atoms with Crippen LogP contribution in [0.5, 0.6) is 5.75 Å². The first-order chi connectivity index (χ1) is 6.15. The van der Waals surface area contributed by atoms with Gasteiger partial charge in [-0.05, 0) is 34.7 Å². The Bertz CT molecular complexity index is 283. The van der Waals surface area contributed by atoms with E-state index in [2.05, 4.69) is 0 Å². The third-order valence-electron chi connectivity index (χ3n) is 1.28. The van der Waals surface area contributed by atoms with Gasteiger partial charge >= 0.3 is 0 Å². The summed E-state index contributed by atoms with van der Waals surface area (Å²) in [5, 5.41) is 0.251. The molecule has 0 aromatic heterocycles. The van der Waals surface area contributed by atoms with Crippen LogP contribution in [0.2, 0.25) is 5.02 Å². The van der Waals surface area contributed by atoms with E-state index >= 15 is 0 Å². The summed E-state index contributed by atoms with van der Waals surface area (Å²) in [6.45, 7) is 0.0986. The number of halogens is 3. The summed E-state index contributed by atoms with van der Waals surface area (Å²) in [7, 11) is 1.50. The number of rotatable bonds is 3. The Morgan fingerprint density at radius 3 is 2.77 bits per heavy atom. The highest BCUT2D eigenvalue weighted by Gasteiger charge is 2.08. The zero-order valence-electron chi connectivity index (χ0n) is 6.81. The fourth-order valence-electron chi connectivity index (χ4n) is 0.785. The maximum atomic E-state index is 12.8. The molecule has 0 aliphatic carbocycles. The monoisotopic (exact) mass is 316 g/mol. The van der Waals surface area contributed by atoms with E-state index in [-0.39, 0.29) is 17.6 Å². The molecule has 1 aromatic carbocycles. The molecule has 0 fully saturated rings. The summed E-state index contributed by atoms with van der Waals surface area (Å²) in [5.74, 6) is 0.0738.